The molecule has 137 heavy (non-hydrogen) atoms. The first-order valence-corrected chi connectivity index (χ1v) is 43.7. The normalized spacial score (nSPS) is 10.2. The van der Waals surface area contributed by atoms with Crippen molar-refractivity contribution in [2.75, 3.05) is 90.9 Å². The molecule has 52 heteroatoms. The minimum absolute atomic E-state index is 0. The number of benzene rings is 8. The minimum atomic E-state index is -0.765. The highest BCUT2D eigenvalue weighted by atomic mass is 79.9. The first kappa shape index (κ1) is 110. The molecule has 0 fully saturated rings. The number of methoxy groups -OCH3 is 4. The molecule has 0 saturated heterocycles. The van der Waals surface area contributed by atoms with E-state index in [4.69, 9.17) is 58.8 Å². The summed E-state index contributed by atoms with van der Waals surface area (Å²) in [7, 11) is 6.28. The van der Waals surface area contributed by atoms with Crippen molar-refractivity contribution in [3.8, 4) is 23.0 Å². The van der Waals surface area contributed by atoms with Crippen LogP contribution in [0.4, 0.5) is 34.6 Å². The molecule has 0 aliphatic carbocycles. The topological polar surface area (TPSA) is 682 Å². The number of nitrogens with one attached hydrogen (secondary N) is 4. The number of alkyl halides is 1. The standard InChI is InChI=1S/C21H24N8O5.C20H22N6O5.C19H18N4O5S.C12H13N3O3S.C7H6BrNO2.C4H6N4.C2H8N2.ClH/c1-34-17-8-4-15(5-9-17)12-27-19(25-11-10-24-18(22)23)26-20(30)28(21(27)31)13-14-2-6-16(7-3-14)29(32)33;1-31-17-8-4-15(5-9-17)12-24-18(22-11-10-21)23-19(27)25(20(24)28)13-14-2-6-16(7-3-14)26(29)30;1-28-16-9-5-14(6-10-16)12-22-18(29-2)20-17(24)21(19(22)25)11-13-3-7-15(8-4-13)23(26)27;1-18-9-5-3-8(4-6-9)7-15-11(17)13-10(16)14-12(15)19-2;8-5-6-1-3-7(4-2-6)9(10)11;5-4(6)8-3-1-2-7-8;3-1-2-4;/h2-9H,10-13H2,1H3,(H4,22,23,24)(H,25,26,30);2-9H,10-13,21H2,1H3,(H,22,23,27);3-10H,11-12H2,1-2H3;3-6H,7H2,1-2H3,(H,13,16,17);1-4H,5H2;1-3H,(H3,5,6);1-4H2;1H. The van der Waals surface area contributed by atoms with Gasteiger partial charge in [0.25, 0.3) is 22.7 Å². The van der Waals surface area contributed by atoms with Crippen LogP contribution in [0.2, 0.25) is 0 Å². The number of halogens is 2. The molecule has 0 unspecified atom stereocenters. The van der Waals surface area contributed by atoms with E-state index in [1.807, 2.05) is 48.5 Å². The number of nitrogen functional groups attached to an aromatic ring is 1. The van der Waals surface area contributed by atoms with Gasteiger partial charge < -0.3 is 64.0 Å². The number of hydrogen-bond donors (Lipinski definition) is 10. The first-order chi connectivity index (χ1) is 65.2. The summed E-state index contributed by atoms with van der Waals surface area (Å²) >= 11 is 5.72. The summed E-state index contributed by atoms with van der Waals surface area (Å²) in [5.41, 5.74) is 32.1. The maximum absolute atomic E-state index is 13.3. The molecule has 5 heterocycles. The summed E-state index contributed by atoms with van der Waals surface area (Å²) in [6, 6.07) is 53.9. The maximum Gasteiger partial charge on any atom is 0.355 e. The van der Waals surface area contributed by atoms with Crippen molar-refractivity contribution >= 4 is 98.4 Å². The van der Waals surface area contributed by atoms with Gasteiger partial charge in [-0.3, -0.25) is 74.1 Å². The summed E-state index contributed by atoms with van der Waals surface area (Å²) in [6.45, 7) is 2.97. The third kappa shape index (κ3) is 34.2. The Kier molecular flexibility index (Phi) is 44.9. The van der Waals surface area contributed by atoms with Gasteiger partial charge in [0.15, 0.2) is 16.3 Å². The van der Waals surface area contributed by atoms with Crippen LogP contribution in [0.1, 0.15) is 44.5 Å². The van der Waals surface area contributed by atoms with E-state index in [1.54, 1.807) is 120 Å². The van der Waals surface area contributed by atoms with Crippen LogP contribution in [0.25, 0.3) is 0 Å². The van der Waals surface area contributed by atoms with E-state index in [-0.39, 0.29) is 111 Å². The lowest BCUT2D eigenvalue weighted by Crippen LogP contribution is -2.43. The number of nitro groups is 4. The van der Waals surface area contributed by atoms with Crippen molar-refractivity contribution in [3.05, 3.63) is 381 Å². The van der Waals surface area contributed by atoms with Crippen LogP contribution in [0.3, 0.4) is 0 Å². The molecule has 48 nitrogen and oxygen atoms in total. The van der Waals surface area contributed by atoms with Crippen LogP contribution in [-0.2, 0) is 51.1 Å². The summed E-state index contributed by atoms with van der Waals surface area (Å²) in [5, 5.41) is 60.5. The predicted octanol–water partition coefficient (Wildman–Crippen LogP) is 5.18. The van der Waals surface area contributed by atoms with Crippen LogP contribution < -0.4 is 110 Å². The number of thioether (sulfide) groups is 2. The summed E-state index contributed by atoms with van der Waals surface area (Å²) in [5.74, 6) is 2.84. The van der Waals surface area contributed by atoms with Crippen molar-refractivity contribution in [2.45, 2.75) is 61.5 Å². The van der Waals surface area contributed by atoms with Gasteiger partial charge in [0.2, 0.25) is 17.9 Å². The number of nitro benzene ring substituents is 4. The molecule has 13 rings (SSSR count). The van der Waals surface area contributed by atoms with Crippen molar-refractivity contribution in [1.29, 1.82) is 5.41 Å². The lowest BCUT2D eigenvalue weighted by Gasteiger charge is -2.15. The molecule has 724 valence electrons. The number of guanidine groups is 1. The highest BCUT2D eigenvalue weighted by Crippen LogP contribution is 2.22. The smallest absolute Gasteiger partial charge is 0.355 e. The summed E-state index contributed by atoms with van der Waals surface area (Å²) in [4.78, 5) is 163. The number of anilines is 2. The van der Waals surface area contributed by atoms with Crippen molar-refractivity contribution in [2.24, 2.45) is 39.4 Å². The second-order valence-electron chi connectivity index (χ2n) is 27.7. The Balaban J connectivity index is 0.000000262. The van der Waals surface area contributed by atoms with E-state index >= 15 is 0 Å². The number of aliphatic imine (C=N–C) groups is 1. The van der Waals surface area contributed by atoms with Crippen molar-refractivity contribution in [3.63, 3.8) is 0 Å². The van der Waals surface area contributed by atoms with Crippen LogP contribution in [0.15, 0.2) is 266 Å². The van der Waals surface area contributed by atoms with Crippen LogP contribution in [-0.4, -0.2) is 179 Å². The molecular formula is C85H98BrClN28O20S2. The molecule has 0 saturated carbocycles. The number of rotatable bonds is 33. The molecule has 0 radical (unpaired) electrons. The lowest BCUT2D eigenvalue weighted by atomic mass is 10.2. The summed E-state index contributed by atoms with van der Waals surface area (Å²) in [6.07, 6.45) is 6.70. The van der Waals surface area contributed by atoms with E-state index in [1.165, 1.54) is 131 Å². The number of nitrogens with zero attached hydrogens (tertiary/aromatic N) is 18. The molecule has 5 aromatic heterocycles. The number of aromatic nitrogens is 14. The molecular weight excluding hydrogens is 1910 g/mol. The Bertz CT molecular complexity index is 6690. The predicted molar refractivity (Wildman–Crippen MR) is 523 cm³/mol. The van der Waals surface area contributed by atoms with Crippen LogP contribution in [0.5, 0.6) is 23.0 Å². The highest BCUT2D eigenvalue weighted by Gasteiger charge is 2.20. The molecule has 0 spiro atoms. The zero-order valence-electron chi connectivity index (χ0n) is 74.4. The first-order valence-electron chi connectivity index (χ1n) is 40.2. The van der Waals surface area contributed by atoms with Gasteiger partial charge in [-0.05, 0) is 112 Å². The second-order valence-corrected chi connectivity index (χ2v) is 29.8. The fraction of sp³-hybridized carbons (Fsp3) is 0.235. The molecule has 8 aromatic carbocycles. The Labute approximate surface area is 800 Å². The van der Waals surface area contributed by atoms with Gasteiger partial charge in [0.1, 0.15) is 23.0 Å². The maximum atomic E-state index is 13.3. The number of non-ortho nitro benzene ring substituents is 4. The fourth-order valence-corrected chi connectivity index (χ4v) is 13.0. The van der Waals surface area contributed by atoms with Gasteiger partial charge in [-0.15, -0.1) is 12.4 Å². The Morgan fingerprint density at radius 1 is 0.423 bits per heavy atom. The zero-order chi connectivity index (χ0) is 99.5. The second kappa shape index (κ2) is 56.1. The van der Waals surface area contributed by atoms with Gasteiger partial charge in [-0.1, -0.05) is 137 Å². The van der Waals surface area contributed by atoms with E-state index in [0.717, 1.165) is 52.6 Å². The van der Waals surface area contributed by atoms with Crippen LogP contribution >= 0.6 is 51.9 Å². The van der Waals surface area contributed by atoms with Gasteiger partial charge in [0, 0.05) is 99.0 Å². The molecule has 16 N–H and O–H groups in total. The molecule has 0 aliphatic heterocycles. The average molecular weight is 2010 g/mol. The monoisotopic (exact) mass is 2010 g/mol. The Hall–Kier alpha value is -16.1. The van der Waals surface area contributed by atoms with Crippen molar-refractivity contribution < 1.29 is 38.6 Å². The Morgan fingerprint density at radius 2 is 0.715 bits per heavy atom. The van der Waals surface area contributed by atoms with Gasteiger partial charge >= 0.3 is 45.5 Å². The third-order valence-electron chi connectivity index (χ3n) is 18.5. The quantitative estimate of drug-likeness (QED) is 0.00481. The molecule has 0 amide bonds. The van der Waals surface area contributed by atoms with Gasteiger partial charge in [0.05, 0.1) is 100 Å². The minimum Gasteiger partial charge on any atom is -0.497 e. The number of ether oxygens (including phenoxy) is 4. The number of H-pyrrole nitrogens is 1. The molecule has 0 bridgehead atoms. The largest absolute Gasteiger partial charge is 0.497 e. The van der Waals surface area contributed by atoms with E-state index in [0.29, 0.717) is 77.0 Å². The number of hydrogen-bond acceptors (Lipinski definition) is 34. The fourth-order valence-electron chi connectivity index (χ4n) is 11.6. The average Bonchev–Trinajstić information content (AvgIpc) is 0.848. The zero-order valence-corrected chi connectivity index (χ0v) is 78.4. The summed E-state index contributed by atoms with van der Waals surface area (Å²) < 4.78 is 30.3. The SMILES string of the molecule is COc1ccc(Cn2c(NCCN)nc(=O)n(Cc3ccc([N+](=O)[O-])cc3)c2=O)cc1.COc1ccc(Cn2c(NCCN=C(N)N)nc(=O)n(Cc3ccc([N+](=O)[O-])cc3)c2=O)cc1.COc1ccc(Cn2c(SC)nc(=O)[nH]c2=O)cc1.COc1ccc(Cn2c(SC)nc(=O)n(Cc3ccc([N+](=O)[O-])cc3)c2=O)cc1.Cl.N=C(N)n1cccn1.NCCN.O=[N+]([O-])c1ccc(CBr)cc1. The lowest BCUT2D eigenvalue weighted by molar-refractivity contribution is -0.385. The van der Waals surface area contributed by atoms with Crippen LogP contribution in [0, 0.1) is 45.9 Å². The third-order valence-corrected chi connectivity index (χ3v) is 20.5. The van der Waals surface area contributed by atoms with E-state index < -0.39 is 65.2 Å². The van der Waals surface area contributed by atoms with Gasteiger partial charge in [-0.25, -0.2) is 56.7 Å². The molecule has 13 aromatic rings. The van der Waals surface area contributed by atoms with E-state index in [2.05, 4.69) is 61.6 Å². The Morgan fingerprint density at radius 3 is 0.993 bits per heavy atom. The molecule has 0 aliphatic rings. The van der Waals surface area contributed by atoms with Crippen molar-refractivity contribution in [1.82, 2.24) is 66.7 Å². The number of aromatic amines is 1. The highest BCUT2D eigenvalue weighted by molar-refractivity contribution is 9.08. The number of nitrogens with two attached hydrogens (primary N) is 6. The van der Waals surface area contributed by atoms with E-state index in [9.17, 15) is 78.8 Å². The van der Waals surface area contributed by atoms with Gasteiger partial charge in [-0.2, -0.15) is 25.0 Å². The molecule has 0 atom stereocenters.